The van der Waals surface area contributed by atoms with Crippen LogP contribution >= 0.6 is 0 Å². The molecule has 86 valence electrons. The van der Waals surface area contributed by atoms with Crippen molar-refractivity contribution in [2.24, 2.45) is 5.73 Å². The summed E-state index contributed by atoms with van der Waals surface area (Å²) < 4.78 is 30.5. The van der Waals surface area contributed by atoms with Crippen LogP contribution in [0.4, 0.5) is 0 Å². The van der Waals surface area contributed by atoms with Gasteiger partial charge in [0.2, 0.25) is 10.0 Å². The molecule has 0 aliphatic heterocycles. The average Bonchev–Trinajstić information content (AvgIpc) is 2.14. The summed E-state index contributed by atoms with van der Waals surface area (Å²) in [4.78, 5) is 0. The average molecular weight is 224 g/mol. The van der Waals surface area contributed by atoms with Crippen molar-refractivity contribution in [2.75, 3.05) is 26.3 Å². The van der Waals surface area contributed by atoms with Crippen LogP contribution in [0, 0.1) is 0 Å². The van der Waals surface area contributed by atoms with Gasteiger partial charge < -0.3 is 10.5 Å². The van der Waals surface area contributed by atoms with E-state index in [-0.39, 0.29) is 6.54 Å². The Bertz CT molecular complexity index is 225. The zero-order valence-corrected chi connectivity index (χ0v) is 9.64. The first-order chi connectivity index (χ1) is 6.58. The van der Waals surface area contributed by atoms with Gasteiger partial charge in [0, 0.05) is 19.7 Å². The van der Waals surface area contributed by atoms with E-state index in [0.29, 0.717) is 26.2 Å². The molecule has 0 rings (SSSR count). The lowest BCUT2D eigenvalue weighted by Crippen LogP contribution is -2.39. The van der Waals surface area contributed by atoms with Gasteiger partial charge in [-0.25, -0.2) is 13.1 Å². The van der Waals surface area contributed by atoms with Crippen molar-refractivity contribution >= 4 is 10.0 Å². The lowest BCUT2D eigenvalue weighted by atomic mass is 10.3. The van der Waals surface area contributed by atoms with Crippen LogP contribution in [0.5, 0.6) is 0 Å². The van der Waals surface area contributed by atoms with Gasteiger partial charge in [-0.1, -0.05) is 6.92 Å². The zero-order chi connectivity index (χ0) is 11.0. The van der Waals surface area contributed by atoms with Gasteiger partial charge in [-0.2, -0.15) is 0 Å². The molecule has 1 unspecified atom stereocenters. The summed E-state index contributed by atoms with van der Waals surface area (Å²) in [7, 11) is -3.26. The number of ether oxygens (including phenoxy) is 1. The lowest BCUT2D eigenvalue weighted by Gasteiger charge is -2.14. The summed E-state index contributed by atoms with van der Waals surface area (Å²) >= 11 is 0. The maximum atomic E-state index is 11.5. The quantitative estimate of drug-likeness (QED) is 0.554. The molecule has 0 aromatic heterocycles. The minimum atomic E-state index is -3.26. The monoisotopic (exact) mass is 224 g/mol. The molecular formula is C8H20N2O3S. The third kappa shape index (κ3) is 4.90. The third-order valence-corrected chi connectivity index (χ3v) is 3.92. The predicted octanol–water partition coefficient (Wildman–Crippen LogP) is -0.320. The van der Waals surface area contributed by atoms with Crippen molar-refractivity contribution in [3.8, 4) is 0 Å². The zero-order valence-electron chi connectivity index (χ0n) is 8.82. The smallest absolute Gasteiger partial charge is 0.215 e. The Hall–Kier alpha value is -0.170. The fourth-order valence-corrected chi connectivity index (χ4v) is 2.33. The second kappa shape index (κ2) is 7.17. The predicted molar refractivity (Wildman–Crippen MR) is 56.5 cm³/mol. The Labute approximate surface area is 86.1 Å². The van der Waals surface area contributed by atoms with Crippen LogP contribution in [0.3, 0.4) is 0 Å². The lowest BCUT2D eigenvalue weighted by molar-refractivity contribution is 0.153. The van der Waals surface area contributed by atoms with E-state index >= 15 is 0 Å². The van der Waals surface area contributed by atoms with Crippen LogP contribution in [0.15, 0.2) is 0 Å². The van der Waals surface area contributed by atoms with Crippen LogP contribution in [0.2, 0.25) is 0 Å². The molecular weight excluding hydrogens is 204 g/mol. The number of hydrogen-bond donors (Lipinski definition) is 2. The third-order valence-electron chi connectivity index (χ3n) is 1.91. The molecule has 0 aliphatic carbocycles. The van der Waals surface area contributed by atoms with Crippen molar-refractivity contribution in [2.45, 2.75) is 25.5 Å². The Morgan fingerprint density at radius 1 is 1.43 bits per heavy atom. The molecule has 3 N–H and O–H groups in total. The highest BCUT2D eigenvalue weighted by Crippen LogP contribution is 2.01. The van der Waals surface area contributed by atoms with E-state index in [1.807, 2.05) is 6.92 Å². The molecule has 0 aliphatic rings. The molecule has 0 saturated heterocycles. The van der Waals surface area contributed by atoms with E-state index in [0.717, 1.165) is 0 Å². The highest BCUT2D eigenvalue weighted by molar-refractivity contribution is 7.90. The summed E-state index contributed by atoms with van der Waals surface area (Å²) in [5.74, 6) is 0. The first-order valence-corrected chi connectivity index (χ1v) is 6.39. The fourth-order valence-electron chi connectivity index (χ4n) is 1.03. The van der Waals surface area contributed by atoms with E-state index in [1.54, 1.807) is 6.92 Å². The number of rotatable bonds is 8. The fraction of sp³-hybridized carbons (Fsp3) is 1.00. The molecule has 0 aromatic carbocycles. The molecule has 0 amide bonds. The van der Waals surface area contributed by atoms with Gasteiger partial charge in [-0.05, 0) is 13.3 Å². The van der Waals surface area contributed by atoms with Crippen LogP contribution in [-0.2, 0) is 14.8 Å². The van der Waals surface area contributed by atoms with Gasteiger partial charge in [0.25, 0.3) is 0 Å². The van der Waals surface area contributed by atoms with Crippen LogP contribution in [0.1, 0.15) is 20.3 Å². The summed E-state index contributed by atoms with van der Waals surface area (Å²) in [6, 6.07) is 0. The molecule has 6 heteroatoms. The molecule has 0 saturated carbocycles. The van der Waals surface area contributed by atoms with Crippen molar-refractivity contribution < 1.29 is 13.2 Å². The molecule has 0 spiro atoms. The second-order valence-electron chi connectivity index (χ2n) is 2.90. The number of nitrogens with one attached hydrogen (secondary N) is 1. The SMILES string of the molecule is CCOCCNS(=O)(=O)C(CC)CN. The molecule has 5 nitrogen and oxygen atoms in total. The number of hydrogen-bond acceptors (Lipinski definition) is 4. The van der Waals surface area contributed by atoms with E-state index in [1.165, 1.54) is 0 Å². The molecule has 0 aromatic rings. The highest BCUT2D eigenvalue weighted by Gasteiger charge is 2.20. The van der Waals surface area contributed by atoms with E-state index in [2.05, 4.69) is 4.72 Å². The molecule has 1 atom stereocenters. The molecule has 0 radical (unpaired) electrons. The largest absolute Gasteiger partial charge is 0.380 e. The van der Waals surface area contributed by atoms with Crippen molar-refractivity contribution in [1.29, 1.82) is 0 Å². The normalized spacial score (nSPS) is 14.2. The van der Waals surface area contributed by atoms with Gasteiger partial charge in [-0.15, -0.1) is 0 Å². The number of sulfonamides is 1. The molecule has 14 heavy (non-hydrogen) atoms. The Balaban J connectivity index is 3.94. The van der Waals surface area contributed by atoms with Crippen molar-refractivity contribution in [1.82, 2.24) is 4.72 Å². The van der Waals surface area contributed by atoms with Crippen molar-refractivity contribution in [3.05, 3.63) is 0 Å². The first kappa shape index (κ1) is 13.8. The topological polar surface area (TPSA) is 81.4 Å². The number of nitrogens with two attached hydrogens (primary N) is 1. The maximum Gasteiger partial charge on any atom is 0.215 e. The summed E-state index contributed by atoms with van der Waals surface area (Å²) in [6.07, 6.45) is 0.528. The highest BCUT2D eigenvalue weighted by atomic mass is 32.2. The molecule has 0 fully saturated rings. The van der Waals surface area contributed by atoms with Crippen molar-refractivity contribution in [3.63, 3.8) is 0 Å². The maximum absolute atomic E-state index is 11.5. The molecule has 0 bridgehead atoms. The van der Waals surface area contributed by atoms with E-state index < -0.39 is 15.3 Å². The van der Waals surface area contributed by atoms with Gasteiger partial charge >= 0.3 is 0 Å². The summed E-state index contributed by atoms with van der Waals surface area (Å²) in [5, 5.41) is -0.496. The van der Waals surface area contributed by atoms with Gasteiger partial charge in [0.15, 0.2) is 0 Å². The Morgan fingerprint density at radius 2 is 2.07 bits per heavy atom. The standard InChI is InChI=1S/C8H20N2O3S/c1-3-8(7-9)14(11,12)10-5-6-13-4-2/h8,10H,3-7,9H2,1-2H3. The van der Waals surface area contributed by atoms with Crippen LogP contribution < -0.4 is 10.5 Å². The van der Waals surface area contributed by atoms with Gasteiger partial charge in [0.05, 0.1) is 11.9 Å². The van der Waals surface area contributed by atoms with Gasteiger partial charge in [0.1, 0.15) is 0 Å². The second-order valence-corrected chi connectivity index (χ2v) is 4.95. The molecule has 0 heterocycles. The van der Waals surface area contributed by atoms with Gasteiger partial charge in [-0.3, -0.25) is 0 Å². The summed E-state index contributed by atoms with van der Waals surface area (Å²) in [5.41, 5.74) is 5.35. The Kier molecular flexibility index (Phi) is 7.08. The van der Waals surface area contributed by atoms with E-state index in [4.69, 9.17) is 10.5 Å². The van der Waals surface area contributed by atoms with E-state index in [9.17, 15) is 8.42 Å². The minimum absolute atomic E-state index is 0.153. The Morgan fingerprint density at radius 3 is 2.50 bits per heavy atom. The van der Waals surface area contributed by atoms with Crippen LogP contribution in [0.25, 0.3) is 0 Å². The minimum Gasteiger partial charge on any atom is -0.380 e. The first-order valence-electron chi connectivity index (χ1n) is 4.84. The van der Waals surface area contributed by atoms with Crippen LogP contribution in [-0.4, -0.2) is 40.0 Å². The summed E-state index contributed by atoms with van der Waals surface area (Å²) in [6.45, 7) is 5.13.